The summed E-state index contributed by atoms with van der Waals surface area (Å²) in [5.74, 6) is -0.645. The van der Waals surface area contributed by atoms with Gasteiger partial charge >= 0.3 is 6.18 Å². The van der Waals surface area contributed by atoms with Crippen molar-refractivity contribution >= 4 is 35.0 Å². The molecule has 1 saturated heterocycles. The van der Waals surface area contributed by atoms with Crippen molar-refractivity contribution in [3.63, 3.8) is 0 Å². The smallest absolute Gasteiger partial charge is 0.384 e. The molecule has 2 N–H and O–H groups in total. The van der Waals surface area contributed by atoms with Gasteiger partial charge in [0.05, 0.1) is 29.3 Å². The van der Waals surface area contributed by atoms with Crippen LogP contribution in [0.15, 0.2) is 42.7 Å². The minimum Gasteiger partial charge on any atom is -0.384 e. The average Bonchev–Trinajstić information content (AvgIpc) is 3.31. The number of nitrogen functional groups attached to an aromatic ring is 1. The Labute approximate surface area is 201 Å². The van der Waals surface area contributed by atoms with Crippen LogP contribution in [0.25, 0.3) is 10.9 Å². The number of pyridine rings is 1. The van der Waals surface area contributed by atoms with Crippen LogP contribution < -0.4 is 5.73 Å². The Morgan fingerprint density at radius 3 is 2.69 bits per heavy atom. The van der Waals surface area contributed by atoms with Gasteiger partial charge in [-0.25, -0.2) is 14.1 Å². The molecule has 3 aromatic heterocycles. The molecule has 35 heavy (non-hydrogen) atoms. The van der Waals surface area contributed by atoms with Gasteiger partial charge in [-0.05, 0) is 24.3 Å². The van der Waals surface area contributed by atoms with Gasteiger partial charge in [0.25, 0.3) is 5.91 Å². The van der Waals surface area contributed by atoms with E-state index in [9.17, 15) is 22.4 Å². The van der Waals surface area contributed by atoms with Gasteiger partial charge in [-0.1, -0.05) is 11.3 Å². The van der Waals surface area contributed by atoms with E-state index in [1.165, 1.54) is 35.3 Å². The zero-order valence-corrected chi connectivity index (χ0v) is 18.8. The molecule has 1 aliphatic rings. The van der Waals surface area contributed by atoms with E-state index in [4.69, 9.17) is 5.73 Å². The van der Waals surface area contributed by atoms with E-state index in [1.807, 2.05) is 0 Å². The lowest BCUT2D eigenvalue weighted by Crippen LogP contribution is -2.48. The molecule has 14 heteroatoms. The quantitative estimate of drug-likeness (QED) is 0.414. The third-order valence-electron chi connectivity index (χ3n) is 5.58. The van der Waals surface area contributed by atoms with Gasteiger partial charge in [-0.15, -0.1) is 17.5 Å². The zero-order valence-electron chi connectivity index (χ0n) is 18.0. The summed E-state index contributed by atoms with van der Waals surface area (Å²) in [5.41, 5.74) is 7.27. The molecule has 0 radical (unpaired) electrons. The summed E-state index contributed by atoms with van der Waals surface area (Å²) >= 11 is 0. The molecule has 1 aliphatic heterocycles. The number of amides is 1. The molecule has 1 fully saturated rings. The Morgan fingerprint density at radius 1 is 1.20 bits per heavy atom. The summed E-state index contributed by atoms with van der Waals surface area (Å²) in [5, 5.41) is 12.1. The molecule has 0 aliphatic carbocycles. The normalized spacial score (nSPS) is 14.1. The molecule has 4 heterocycles. The molecule has 0 spiro atoms. The highest BCUT2D eigenvalue weighted by atomic mass is 35.5. The second-order valence-electron chi connectivity index (χ2n) is 8.08. The summed E-state index contributed by atoms with van der Waals surface area (Å²) in [4.78, 5) is 18.2. The Bertz CT molecular complexity index is 1380. The van der Waals surface area contributed by atoms with Gasteiger partial charge < -0.3 is 10.6 Å². The number of aromatic nitrogens is 6. The first-order valence-corrected chi connectivity index (χ1v) is 10.3. The number of anilines is 1. The van der Waals surface area contributed by atoms with Crippen molar-refractivity contribution in [2.24, 2.45) is 0 Å². The van der Waals surface area contributed by atoms with Gasteiger partial charge in [-0.3, -0.25) is 9.48 Å². The van der Waals surface area contributed by atoms with Crippen LogP contribution in [0.5, 0.6) is 0 Å². The predicted octanol–water partition coefficient (Wildman–Crippen LogP) is 3.02. The fourth-order valence-electron chi connectivity index (χ4n) is 4.03. The van der Waals surface area contributed by atoms with Gasteiger partial charge in [0.1, 0.15) is 23.9 Å². The predicted molar refractivity (Wildman–Crippen MR) is 119 cm³/mol. The molecule has 9 nitrogen and oxygen atoms in total. The van der Waals surface area contributed by atoms with E-state index in [1.54, 1.807) is 17.0 Å². The largest absolute Gasteiger partial charge is 0.408 e. The topological polar surface area (TPSA) is 108 Å². The minimum atomic E-state index is -4.42. The molecule has 184 valence electrons. The highest BCUT2D eigenvalue weighted by Gasteiger charge is 2.36. The molecular formula is C21H19ClF4N8O. The summed E-state index contributed by atoms with van der Waals surface area (Å²) in [6.07, 6.45) is -1.78. The minimum absolute atomic E-state index is 0. The summed E-state index contributed by atoms with van der Waals surface area (Å²) in [6.45, 7) is -0.565. The Morgan fingerprint density at radius 2 is 1.97 bits per heavy atom. The molecule has 0 saturated carbocycles. The van der Waals surface area contributed by atoms with Crippen molar-refractivity contribution in [1.29, 1.82) is 0 Å². The standard InChI is InChI=1S/C21H18F4N8O.ClH/c22-15-2-1-3-16-18(15)19(13-7-31(8-13)20(34)12-4-5-27-17(26)6-12)29-33(16)10-14-9-32(30-28-14)11-21(23,24)25;/h1-6,9,13H,7-8,10-11H2,(H2,26,27);1H. The number of carbonyl (C=O) groups is 1. The van der Waals surface area contributed by atoms with Crippen LogP contribution >= 0.6 is 12.4 Å². The molecule has 5 rings (SSSR count). The van der Waals surface area contributed by atoms with Crippen LogP contribution in [0.2, 0.25) is 0 Å². The van der Waals surface area contributed by atoms with Crippen molar-refractivity contribution in [2.75, 3.05) is 18.8 Å². The van der Waals surface area contributed by atoms with Crippen LogP contribution in [0, 0.1) is 5.82 Å². The summed E-state index contributed by atoms with van der Waals surface area (Å²) in [6, 6.07) is 7.59. The molecule has 1 aromatic carbocycles. The number of hydrogen-bond donors (Lipinski definition) is 1. The van der Waals surface area contributed by atoms with Crippen LogP contribution in [0.4, 0.5) is 23.4 Å². The molecule has 0 unspecified atom stereocenters. The fraction of sp³-hybridized carbons (Fsp3) is 0.286. The number of rotatable bonds is 5. The lowest BCUT2D eigenvalue weighted by Gasteiger charge is -2.38. The summed E-state index contributed by atoms with van der Waals surface area (Å²) in [7, 11) is 0. The van der Waals surface area contributed by atoms with E-state index < -0.39 is 18.5 Å². The first kappa shape index (κ1) is 24.4. The van der Waals surface area contributed by atoms with E-state index in [0.717, 1.165) is 0 Å². The van der Waals surface area contributed by atoms with Crippen molar-refractivity contribution in [3.8, 4) is 0 Å². The van der Waals surface area contributed by atoms with Gasteiger partial charge in [0.15, 0.2) is 0 Å². The Balaban J connectivity index is 0.00000289. The Hall–Kier alpha value is -3.74. The number of nitrogens with two attached hydrogens (primary N) is 1. The maximum absolute atomic E-state index is 14.8. The molecule has 1 amide bonds. The maximum atomic E-state index is 14.8. The number of alkyl halides is 3. The van der Waals surface area contributed by atoms with E-state index >= 15 is 0 Å². The van der Waals surface area contributed by atoms with Crippen LogP contribution in [0.3, 0.4) is 0 Å². The number of fused-ring (bicyclic) bond motifs is 1. The average molecular weight is 511 g/mol. The Kier molecular flexibility index (Phi) is 6.36. The highest BCUT2D eigenvalue weighted by Crippen LogP contribution is 2.34. The molecule has 4 aromatic rings. The fourth-order valence-corrected chi connectivity index (χ4v) is 4.03. The van der Waals surface area contributed by atoms with E-state index in [0.29, 0.717) is 39.9 Å². The number of carbonyl (C=O) groups excluding carboxylic acids is 1. The molecular weight excluding hydrogens is 492 g/mol. The maximum Gasteiger partial charge on any atom is 0.408 e. The first-order chi connectivity index (χ1) is 16.2. The van der Waals surface area contributed by atoms with Crippen molar-refractivity contribution in [1.82, 2.24) is 34.7 Å². The van der Waals surface area contributed by atoms with Gasteiger partial charge in [0, 0.05) is 30.8 Å². The SMILES string of the molecule is Cl.Nc1cc(C(=O)N2CC(c3nn(Cc4cn(CC(F)(F)F)nn4)c4cccc(F)c34)C2)ccn1. The van der Waals surface area contributed by atoms with Crippen LogP contribution in [0.1, 0.15) is 27.7 Å². The first-order valence-electron chi connectivity index (χ1n) is 10.3. The van der Waals surface area contributed by atoms with Crippen molar-refractivity contribution < 1.29 is 22.4 Å². The van der Waals surface area contributed by atoms with Crippen LogP contribution in [-0.4, -0.2) is 59.8 Å². The number of nitrogens with zero attached hydrogens (tertiary/aromatic N) is 7. The van der Waals surface area contributed by atoms with Gasteiger partial charge in [0.2, 0.25) is 0 Å². The van der Waals surface area contributed by atoms with E-state index in [2.05, 4.69) is 20.4 Å². The molecule has 0 bridgehead atoms. The van der Waals surface area contributed by atoms with Crippen molar-refractivity contribution in [3.05, 3.63) is 65.5 Å². The number of likely N-dealkylation sites (tertiary alicyclic amines) is 1. The third kappa shape index (κ3) is 4.90. The van der Waals surface area contributed by atoms with E-state index in [-0.39, 0.29) is 42.3 Å². The lowest BCUT2D eigenvalue weighted by atomic mass is 9.93. The van der Waals surface area contributed by atoms with Crippen LogP contribution in [-0.2, 0) is 13.1 Å². The number of halogens is 5. The number of hydrogen-bond acceptors (Lipinski definition) is 6. The number of benzene rings is 1. The lowest BCUT2D eigenvalue weighted by molar-refractivity contribution is -0.142. The van der Waals surface area contributed by atoms with Gasteiger partial charge in [-0.2, -0.15) is 18.3 Å². The monoisotopic (exact) mass is 510 g/mol. The molecule has 0 atom stereocenters. The zero-order chi connectivity index (χ0) is 24.0. The van der Waals surface area contributed by atoms with Crippen molar-refractivity contribution in [2.45, 2.75) is 25.2 Å². The summed E-state index contributed by atoms with van der Waals surface area (Å²) < 4.78 is 54.7. The third-order valence-corrected chi connectivity index (χ3v) is 5.58. The second kappa shape index (κ2) is 9.13. The second-order valence-corrected chi connectivity index (χ2v) is 8.08. The highest BCUT2D eigenvalue weighted by molar-refractivity contribution is 5.95.